The number of pyridine rings is 1. The summed E-state index contributed by atoms with van der Waals surface area (Å²) >= 11 is 0. The van der Waals surface area contributed by atoms with Gasteiger partial charge in [-0.15, -0.1) is 0 Å². The number of methoxy groups -OCH3 is 1. The van der Waals surface area contributed by atoms with Crippen molar-refractivity contribution in [3.05, 3.63) is 90.1 Å². The van der Waals surface area contributed by atoms with Crippen molar-refractivity contribution in [2.75, 3.05) is 13.7 Å². The van der Waals surface area contributed by atoms with E-state index in [0.29, 0.717) is 28.0 Å². The van der Waals surface area contributed by atoms with Crippen LogP contribution in [-0.2, 0) is 22.3 Å². The zero-order valence-corrected chi connectivity index (χ0v) is 18.1. The molecule has 34 heavy (non-hydrogen) atoms. The average molecular weight is 467 g/mol. The van der Waals surface area contributed by atoms with Gasteiger partial charge in [-0.1, -0.05) is 36.4 Å². The number of hydrogen-bond acceptors (Lipinski definition) is 5. The Morgan fingerprint density at radius 1 is 0.912 bits per heavy atom. The Morgan fingerprint density at radius 3 is 2.41 bits per heavy atom. The number of alkyl halides is 3. The molecule has 0 fully saturated rings. The Bertz CT molecular complexity index is 1320. The molecule has 8 heteroatoms. The lowest BCUT2D eigenvalue weighted by Gasteiger charge is -2.13. The molecular weight excluding hydrogens is 447 g/mol. The van der Waals surface area contributed by atoms with Crippen LogP contribution in [0.15, 0.2) is 79.0 Å². The first kappa shape index (κ1) is 23.1. The highest BCUT2D eigenvalue weighted by atomic mass is 19.4. The fourth-order valence-corrected chi connectivity index (χ4v) is 3.50. The van der Waals surface area contributed by atoms with Crippen molar-refractivity contribution < 1.29 is 32.2 Å². The highest BCUT2D eigenvalue weighted by Gasteiger charge is 2.33. The van der Waals surface area contributed by atoms with Crippen molar-refractivity contribution >= 4 is 16.9 Å². The molecule has 0 aliphatic carbocycles. The number of nitrogens with zero attached hydrogens (tertiary/aromatic N) is 1. The second-order valence-electron chi connectivity index (χ2n) is 7.39. The van der Waals surface area contributed by atoms with Crippen molar-refractivity contribution in [2.24, 2.45) is 0 Å². The number of carbonyl (C=O) groups excluding carboxylic acids is 1. The van der Waals surface area contributed by atoms with Gasteiger partial charge in [0, 0.05) is 11.6 Å². The van der Waals surface area contributed by atoms with Gasteiger partial charge < -0.3 is 14.2 Å². The van der Waals surface area contributed by atoms with E-state index in [-0.39, 0.29) is 18.7 Å². The van der Waals surface area contributed by atoms with Crippen molar-refractivity contribution in [2.45, 2.75) is 12.8 Å². The summed E-state index contributed by atoms with van der Waals surface area (Å²) in [6.07, 6.45) is -3.12. The standard InChI is InChI=1S/C26H20F3NO4/c1-32-24(31)16-34-19-7-2-5-17(13-19)15-33-20-8-3-6-18(14-20)21-11-12-30-25-22(21)9-4-10-23(25)26(27,28)29/h2-14H,15-16H2,1H3. The van der Waals surface area contributed by atoms with E-state index in [9.17, 15) is 18.0 Å². The normalized spacial score (nSPS) is 11.3. The summed E-state index contributed by atoms with van der Waals surface area (Å²) in [6.45, 7) is 0.0347. The monoisotopic (exact) mass is 467 g/mol. The van der Waals surface area contributed by atoms with Gasteiger partial charge in [0.05, 0.1) is 18.2 Å². The third-order valence-corrected chi connectivity index (χ3v) is 5.11. The Balaban J connectivity index is 1.55. The molecule has 5 nitrogen and oxygen atoms in total. The molecule has 0 N–H and O–H groups in total. The molecule has 0 radical (unpaired) electrons. The number of fused-ring (bicyclic) bond motifs is 1. The fourth-order valence-electron chi connectivity index (χ4n) is 3.50. The molecule has 0 aliphatic rings. The van der Waals surface area contributed by atoms with Crippen LogP contribution in [0, 0.1) is 0 Å². The number of para-hydroxylation sites is 1. The topological polar surface area (TPSA) is 57.7 Å². The molecule has 0 amide bonds. The van der Waals surface area contributed by atoms with Crippen molar-refractivity contribution in [3.8, 4) is 22.6 Å². The summed E-state index contributed by atoms with van der Waals surface area (Å²) < 4.78 is 56.1. The minimum Gasteiger partial charge on any atom is -0.489 e. The lowest BCUT2D eigenvalue weighted by Crippen LogP contribution is -2.12. The molecule has 4 aromatic rings. The number of ether oxygens (including phenoxy) is 3. The number of halogens is 3. The molecule has 3 aromatic carbocycles. The molecule has 0 saturated carbocycles. The van der Waals surface area contributed by atoms with E-state index in [2.05, 4.69) is 9.72 Å². The third-order valence-electron chi connectivity index (χ3n) is 5.11. The van der Waals surface area contributed by atoms with E-state index < -0.39 is 17.7 Å². The first-order chi connectivity index (χ1) is 16.3. The van der Waals surface area contributed by atoms with Crippen LogP contribution >= 0.6 is 0 Å². The second-order valence-corrected chi connectivity index (χ2v) is 7.39. The first-order valence-electron chi connectivity index (χ1n) is 10.3. The molecule has 0 atom stereocenters. The summed E-state index contributed by atoms with van der Waals surface area (Å²) in [7, 11) is 1.29. The van der Waals surface area contributed by atoms with E-state index in [0.717, 1.165) is 11.6 Å². The Labute approximate surface area is 193 Å². The average Bonchev–Trinajstić information content (AvgIpc) is 2.85. The van der Waals surface area contributed by atoms with E-state index in [1.165, 1.54) is 19.4 Å². The smallest absolute Gasteiger partial charge is 0.418 e. The van der Waals surface area contributed by atoms with E-state index >= 15 is 0 Å². The number of esters is 1. The number of rotatable bonds is 7. The van der Waals surface area contributed by atoms with Crippen LogP contribution in [0.25, 0.3) is 22.0 Å². The van der Waals surface area contributed by atoms with Gasteiger partial charge in [0.1, 0.15) is 18.1 Å². The van der Waals surface area contributed by atoms with Crippen LogP contribution in [0.4, 0.5) is 13.2 Å². The van der Waals surface area contributed by atoms with E-state index in [1.54, 1.807) is 48.5 Å². The molecule has 0 spiro atoms. The van der Waals surface area contributed by atoms with Crippen LogP contribution < -0.4 is 9.47 Å². The van der Waals surface area contributed by atoms with Gasteiger partial charge in [-0.2, -0.15) is 13.2 Å². The Kier molecular flexibility index (Phi) is 6.67. The van der Waals surface area contributed by atoms with Gasteiger partial charge in [-0.25, -0.2) is 4.79 Å². The van der Waals surface area contributed by atoms with Crippen LogP contribution in [-0.4, -0.2) is 24.7 Å². The number of hydrogen-bond donors (Lipinski definition) is 0. The Morgan fingerprint density at radius 2 is 1.65 bits per heavy atom. The summed E-state index contributed by atoms with van der Waals surface area (Å²) in [5, 5.41) is 0.407. The van der Waals surface area contributed by atoms with Crippen LogP contribution in [0.2, 0.25) is 0 Å². The predicted molar refractivity (Wildman–Crippen MR) is 120 cm³/mol. The van der Waals surface area contributed by atoms with Gasteiger partial charge in [0.2, 0.25) is 0 Å². The zero-order chi connectivity index (χ0) is 24.1. The van der Waals surface area contributed by atoms with Crippen molar-refractivity contribution in [1.82, 2.24) is 4.98 Å². The van der Waals surface area contributed by atoms with Gasteiger partial charge >= 0.3 is 12.1 Å². The SMILES string of the molecule is COC(=O)COc1cccc(COc2cccc(-c3ccnc4c(C(F)(F)F)cccc34)c2)c1. The molecule has 0 aliphatic heterocycles. The maximum absolute atomic E-state index is 13.4. The maximum atomic E-state index is 13.4. The summed E-state index contributed by atoms with van der Waals surface area (Å²) in [6, 6.07) is 19.9. The number of benzene rings is 3. The number of aromatic nitrogens is 1. The Hall–Kier alpha value is -4.07. The van der Waals surface area contributed by atoms with Gasteiger partial charge in [0.15, 0.2) is 6.61 Å². The minimum absolute atomic E-state index is 0.0948. The summed E-state index contributed by atoms with van der Waals surface area (Å²) in [5.41, 5.74) is 1.28. The van der Waals surface area contributed by atoms with Gasteiger partial charge in [-0.05, 0) is 53.1 Å². The van der Waals surface area contributed by atoms with Crippen LogP contribution in [0.3, 0.4) is 0 Å². The molecule has 0 unspecified atom stereocenters. The number of carbonyl (C=O) groups is 1. The zero-order valence-electron chi connectivity index (χ0n) is 18.1. The van der Waals surface area contributed by atoms with E-state index in [4.69, 9.17) is 9.47 Å². The minimum atomic E-state index is -4.49. The lowest BCUT2D eigenvalue weighted by atomic mass is 9.99. The highest BCUT2D eigenvalue weighted by Crippen LogP contribution is 2.37. The molecule has 1 heterocycles. The van der Waals surface area contributed by atoms with E-state index in [1.807, 2.05) is 12.1 Å². The maximum Gasteiger partial charge on any atom is 0.418 e. The highest BCUT2D eigenvalue weighted by molar-refractivity contribution is 5.96. The molecule has 4 rings (SSSR count). The summed E-state index contributed by atoms with van der Waals surface area (Å²) in [4.78, 5) is 15.2. The van der Waals surface area contributed by atoms with Crippen LogP contribution in [0.1, 0.15) is 11.1 Å². The quantitative estimate of drug-likeness (QED) is 0.310. The van der Waals surface area contributed by atoms with Crippen LogP contribution in [0.5, 0.6) is 11.5 Å². The van der Waals surface area contributed by atoms with Gasteiger partial charge in [-0.3, -0.25) is 4.98 Å². The fraction of sp³-hybridized carbons (Fsp3) is 0.154. The molecular formula is C26H20F3NO4. The molecule has 174 valence electrons. The van der Waals surface area contributed by atoms with Crippen molar-refractivity contribution in [3.63, 3.8) is 0 Å². The predicted octanol–water partition coefficient (Wildman–Crippen LogP) is 6.05. The summed E-state index contributed by atoms with van der Waals surface area (Å²) in [5.74, 6) is 0.573. The molecule has 1 aromatic heterocycles. The molecule has 0 saturated heterocycles. The largest absolute Gasteiger partial charge is 0.489 e. The lowest BCUT2D eigenvalue weighted by molar-refractivity contribution is -0.143. The van der Waals surface area contributed by atoms with Gasteiger partial charge in [0.25, 0.3) is 0 Å². The third kappa shape index (κ3) is 5.28. The first-order valence-corrected chi connectivity index (χ1v) is 10.3. The van der Waals surface area contributed by atoms with Crippen molar-refractivity contribution in [1.29, 1.82) is 0 Å². The second kappa shape index (κ2) is 9.82. The molecule has 0 bridgehead atoms.